The number of piperidine rings is 1. The van der Waals surface area contributed by atoms with Crippen molar-refractivity contribution in [3.63, 3.8) is 0 Å². The van der Waals surface area contributed by atoms with Crippen molar-refractivity contribution in [2.75, 3.05) is 37.3 Å². The molecule has 1 amide bonds. The zero-order valence-electron chi connectivity index (χ0n) is 13.7. The Morgan fingerprint density at radius 2 is 2.04 bits per heavy atom. The molecule has 0 aliphatic carbocycles. The van der Waals surface area contributed by atoms with Crippen molar-refractivity contribution in [2.45, 2.75) is 19.3 Å². The third-order valence-corrected chi connectivity index (χ3v) is 5.17. The second kappa shape index (κ2) is 5.47. The van der Waals surface area contributed by atoms with E-state index in [0.29, 0.717) is 23.9 Å². The molecule has 1 unspecified atom stereocenters. The third-order valence-electron chi connectivity index (χ3n) is 5.17. The maximum atomic E-state index is 12.7. The number of nitrogens with zero attached hydrogens (tertiary/aromatic N) is 6. The summed E-state index contributed by atoms with van der Waals surface area (Å²) < 4.78 is 1.63. The molecule has 2 aliphatic rings. The Labute approximate surface area is 140 Å². The molecule has 1 atom stereocenters. The van der Waals surface area contributed by atoms with Gasteiger partial charge >= 0.3 is 0 Å². The summed E-state index contributed by atoms with van der Waals surface area (Å²) in [6.45, 7) is 2.29. The number of nitrogens with two attached hydrogens (primary N) is 1. The van der Waals surface area contributed by atoms with Gasteiger partial charge in [-0.05, 0) is 25.3 Å². The summed E-state index contributed by atoms with van der Waals surface area (Å²) in [6, 6.07) is 1.82. The van der Waals surface area contributed by atoms with E-state index in [2.05, 4.69) is 20.0 Å². The summed E-state index contributed by atoms with van der Waals surface area (Å²) in [5, 5.41) is 4.19. The lowest BCUT2D eigenvalue weighted by atomic mass is 9.78. The number of carbonyl (C=O) groups excluding carboxylic acids is 1. The average molecular weight is 327 g/mol. The van der Waals surface area contributed by atoms with Gasteiger partial charge < -0.3 is 15.5 Å². The molecule has 1 spiro atoms. The first-order chi connectivity index (χ1) is 11.6. The summed E-state index contributed by atoms with van der Waals surface area (Å²) >= 11 is 0. The van der Waals surface area contributed by atoms with Crippen molar-refractivity contribution in [1.29, 1.82) is 0 Å². The van der Waals surface area contributed by atoms with E-state index in [4.69, 9.17) is 5.73 Å². The molecule has 126 valence electrons. The normalized spacial score (nSPS) is 24.1. The van der Waals surface area contributed by atoms with Crippen LogP contribution in [0.4, 0.5) is 11.5 Å². The van der Waals surface area contributed by atoms with Crippen LogP contribution in [0.2, 0.25) is 0 Å². The average Bonchev–Trinajstić information content (AvgIpc) is 3.24. The van der Waals surface area contributed by atoms with Crippen molar-refractivity contribution in [3.8, 4) is 5.82 Å². The fourth-order valence-corrected chi connectivity index (χ4v) is 3.91. The third kappa shape index (κ3) is 2.21. The smallest absolute Gasteiger partial charge is 0.230 e. The molecule has 4 heterocycles. The van der Waals surface area contributed by atoms with E-state index in [9.17, 15) is 4.79 Å². The van der Waals surface area contributed by atoms with Gasteiger partial charge in [0.2, 0.25) is 5.91 Å². The fraction of sp³-hybridized carbons (Fsp3) is 0.500. The van der Waals surface area contributed by atoms with Crippen LogP contribution >= 0.6 is 0 Å². The number of hydrogen-bond donors (Lipinski definition) is 1. The summed E-state index contributed by atoms with van der Waals surface area (Å²) in [7, 11) is 1.89. The highest BCUT2D eigenvalue weighted by Crippen LogP contribution is 2.42. The number of anilines is 2. The number of likely N-dealkylation sites (tertiary alicyclic amines) is 1. The van der Waals surface area contributed by atoms with Crippen LogP contribution < -0.4 is 10.6 Å². The minimum atomic E-state index is -0.295. The van der Waals surface area contributed by atoms with E-state index in [-0.39, 0.29) is 11.3 Å². The van der Waals surface area contributed by atoms with Gasteiger partial charge in [0.1, 0.15) is 12.0 Å². The number of amides is 1. The Balaban J connectivity index is 1.64. The number of aromatic nitrogens is 4. The maximum absolute atomic E-state index is 12.7. The number of nitrogen functional groups attached to an aromatic ring is 1. The van der Waals surface area contributed by atoms with E-state index >= 15 is 0 Å². The van der Waals surface area contributed by atoms with Crippen LogP contribution in [0.1, 0.15) is 19.3 Å². The van der Waals surface area contributed by atoms with Crippen LogP contribution in [0.15, 0.2) is 24.8 Å². The molecule has 8 heteroatoms. The highest BCUT2D eigenvalue weighted by atomic mass is 16.2. The monoisotopic (exact) mass is 327 g/mol. The van der Waals surface area contributed by atoms with Crippen LogP contribution in [0, 0.1) is 5.41 Å². The van der Waals surface area contributed by atoms with Crippen molar-refractivity contribution >= 4 is 17.4 Å². The molecule has 4 rings (SSSR count). The van der Waals surface area contributed by atoms with Crippen LogP contribution in [0.3, 0.4) is 0 Å². The largest absolute Gasteiger partial charge is 0.393 e. The number of hydrogen-bond acceptors (Lipinski definition) is 6. The molecule has 0 radical (unpaired) electrons. The molecule has 0 saturated carbocycles. The van der Waals surface area contributed by atoms with Crippen molar-refractivity contribution < 1.29 is 4.79 Å². The molecule has 24 heavy (non-hydrogen) atoms. The molecular formula is C16H21N7O. The second-order valence-corrected chi connectivity index (χ2v) is 6.67. The van der Waals surface area contributed by atoms with Crippen molar-refractivity contribution in [3.05, 3.63) is 24.8 Å². The van der Waals surface area contributed by atoms with Crippen LogP contribution in [0.5, 0.6) is 0 Å². The molecule has 2 aliphatic heterocycles. The molecule has 2 N–H and O–H groups in total. The van der Waals surface area contributed by atoms with Crippen molar-refractivity contribution in [1.82, 2.24) is 24.6 Å². The van der Waals surface area contributed by atoms with Crippen LogP contribution in [-0.4, -0.2) is 57.2 Å². The Kier molecular flexibility index (Phi) is 3.40. The first-order valence-corrected chi connectivity index (χ1v) is 8.22. The molecule has 8 nitrogen and oxygen atoms in total. The summed E-state index contributed by atoms with van der Waals surface area (Å²) in [5.41, 5.74) is 6.51. The zero-order chi connectivity index (χ0) is 16.7. The lowest BCUT2D eigenvalue weighted by Crippen LogP contribution is -2.48. The van der Waals surface area contributed by atoms with Gasteiger partial charge in [0, 0.05) is 39.1 Å². The van der Waals surface area contributed by atoms with E-state index in [0.717, 1.165) is 32.4 Å². The summed E-state index contributed by atoms with van der Waals surface area (Å²) in [5.74, 6) is 1.50. The van der Waals surface area contributed by atoms with Gasteiger partial charge in [-0.1, -0.05) is 0 Å². The lowest BCUT2D eigenvalue weighted by Gasteiger charge is -2.37. The van der Waals surface area contributed by atoms with Gasteiger partial charge in [0.15, 0.2) is 11.6 Å². The van der Waals surface area contributed by atoms with E-state index < -0.39 is 0 Å². The fourth-order valence-electron chi connectivity index (χ4n) is 3.91. The highest BCUT2D eigenvalue weighted by Gasteiger charge is 2.48. The van der Waals surface area contributed by atoms with E-state index in [1.165, 1.54) is 6.33 Å². The maximum Gasteiger partial charge on any atom is 0.230 e. The Morgan fingerprint density at radius 1 is 1.21 bits per heavy atom. The predicted octanol–water partition coefficient (Wildman–Crippen LogP) is 0.693. The molecular weight excluding hydrogens is 306 g/mol. The predicted molar refractivity (Wildman–Crippen MR) is 89.7 cm³/mol. The van der Waals surface area contributed by atoms with Gasteiger partial charge in [0.25, 0.3) is 0 Å². The summed E-state index contributed by atoms with van der Waals surface area (Å²) in [6.07, 6.45) is 7.81. The van der Waals surface area contributed by atoms with Gasteiger partial charge in [-0.2, -0.15) is 5.10 Å². The number of rotatable bonds is 2. The van der Waals surface area contributed by atoms with Crippen LogP contribution in [0.25, 0.3) is 5.82 Å². The minimum Gasteiger partial charge on any atom is -0.393 e. The van der Waals surface area contributed by atoms with Gasteiger partial charge in [-0.15, -0.1) is 0 Å². The quantitative estimate of drug-likeness (QED) is 0.872. The van der Waals surface area contributed by atoms with Crippen molar-refractivity contribution in [2.24, 2.45) is 5.41 Å². The minimum absolute atomic E-state index is 0.246. The first-order valence-electron chi connectivity index (χ1n) is 8.22. The molecule has 2 saturated heterocycles. The van der Waals surface area contributed by atoms with E-state index in [1.807, 2.05) is 18.0 Å². The number of carbonyl (C=O) groups is 1. The SMILES string of the molecule is CN1CCCC2(CCN(c3ncnc(-n4cccn4)c3N)C2)C1=O. The van der Waals surface area contributed by atoms with Crippen LogP contribution in [-0.2, 0) is 4.79 Å². The van der Waals surface area contributed by atoms with Gasteiger partial charge in [-0.25, -0.2) is 14.6 Å². The summed E-state index contributed by atoms with van der Waals surface area (Å²) in [4.78, 5) is 25.3. The molecule has 0 bridgehead atoms. The molecule has 0 aromatic carbocycles. The lowest BCUT2D eigenvalue weighted by molar-refractivity contribution is -0.143. The molecule has 2 aromatic rings. The molecule has 2 fully saturated rings. The Morgan fingerprint density at radius 3 is 2.83 bits per heavy atom. The van der Waals surface area contributed by atoms with E-state index in [1.54, 1.807) is 17.1 Å². The Hall–Kier alpha value is -2.64. The van der Waals surface area contributed by atoms with Gasteiger partial charge in [0.05, 0.1) is 5.41 Å². The second-order valence-electron chi connectivity index (χ2n) is 6.67. The Bertz CT molecular complexity index is 760. The first kappa shape index (κ1) is 14.9. The standard InChI is InChI=1S/C16H21N7O/c1-21-7-2-4-16(15(21)24)5-9-22(10-16)13-12(17)14(19-11-18-13)23-8-3-6-20-23/h3,6,8,11H,2,4-5,7,9-10,17H2,1H3. The topological polar surface area (TPSA) is 93.2 Å². The molecule has 2 aromatic heterocycles. The highest BCUT2D eigenvalue weighted by molar-refractivity contribution is 5.85. The van der Waals surface area contributed by atoms with Gasteiger partial charge in [-0.3, -0.25) is 4.79 Å². The zero-order valence-corrected chi connectivity index (χ0v) is 13.7.